The predicted octanol–water partition coefficient (Wildman–Crippen LogP) is 2.93. The normalized spacial score (nSPS) is 16.1. The van der Waals surface area contributed by atoms with E-state index >= 15 is 0 Å². The minimum atomic E-state index is -4.44. The second-order valence-electron chi connectivity index (χ2n) is 5.95. The molecule has 1 aliphatic heterocycles. The molecule has 0 aliphatic carbocycles. The lowest BCUT2D eigenvalue weighted by Gasteiger charge is -2.22. The molecule has 1 aliphatic rings. The van der Waals surface area contributed by atoms with Crippen LogP contribution in [0.5, 0.6) is 11.5 Å². The second kappa shape index (κ2) is 5.73. The highest BCUT2D eigenvalue weighted by atomic mass is 19.4. The Morgan fingerprint density at radius 3 is 2.73 bits per heavy atom. The first-order valence-corrected chi connectivity index (χ1v) is 7.74. The zero-order chi connectivity index (χ0) is 18.5. The summed E-state index contributed by atoms with van der Waals surface area (Å²) in [6.07, 6.45) is -4.01. The van der Waals surface area contributed by atoms with Crippen molar-refractivity contribution in [3.05, 3.63) is 69.9 Å². The molecule has 0 saturated carbocycles. The number of nitrogens with one attached hydrogen (secondary N) is 1. The van der Waals surface area contributed by atoms with Crippen LogP contribution in [0.2, 0.25) is 0 Å². The van der Waals surface area contributed by atoms with E-state index in [9.17, 15) is 18.0 Å². The molecule has 26 heavy (non-hydrogen) atoms. The minimum absolute atomic E-state index is 0.0704. The lowest BCUT2D eigenvalue weighted by molar-refractivity contribution is -0.137. The highest BCUT2D eigenvalue weighted by Gasteiger charge is 2.31. The number of fused-ring (bicyclic) bond motifs is 3. The highest BCUT2D eigenvalue weighted by Crippen LogP contribution is 2.34. The van der Waals surface area contributed by atoms with Gasteiger partial charge in [0.15, 0.2) is 5.82 Å². The lowest BCUT2D eigenvalue weighted by atomic mass is 9.99. The first-order valence-electron chi connectivity index (χ1n) is 7.74. The molecule has 9 heteroatoms. The molecule has 0 fully saturated rings. The van der Waals surface area contributed by atoms with Crippen molar-refractivity contribution in [2.24, 2.45) is 5.73 Å². The van der Waals surface area contributed by atoms with E-state index in [0.717, 1.165) is 17.7 Å². The maximum Gasteiger partial charge on any atom is 0.416 e. The van der Waals surface area contributed by atoms with Crippen molar-refractivity contribution >= 4 is 0 Å². The maximum absolute atomic E-state index is 12.8. The molecule has 0 saturated heterocycles. The third-order valence-corrected chi connectivity index (χ3v) is 4.16. The van der Waals surface area contributed by atoms with E-state index in [4.69, 9.17) is 10.5 Å². The van der Waals surface area contributed by atoms with Crippen molar-refractivity contribution in [1.29, 1.82) is 0 Å². The van der Waals surface area contributed by atoms with E-state index in [2.05, 4.69) is 10.2 Å². The van der Waals surface area contributed by atoms with Crippen molar-refractivity contribution in [1.82, 2.24) is 14.8 Å². The molecule has 2 aromatic carbocycles. The topological polar surface area (TPSA) is 85.9 Å². The van der Waals surface area contributed by atoms with Gasteiger partial charge in [0.05, 0.1) is 17.3 Å². The Morgan fingerprint density at radius 1 is 1.19 bits per heavy atom. The number of ether oxygens (including phenoxy) is 1. The van der Waals surface area contributed by atoms with E-state index in [1.54, 1.807) is 18.2 Å². The number of aromatic nitrogens is 3. The van der Waals surface area contributed by atoms with Crippen LogP contribution in [0.3, 0.4) is 0 Å². The van der Waals surface area contributed by atoms with E-state index in [0.29, 0.717) is 23.7 Å². The third-order valence-electron chi connectivity index (χ3n) is 4.16. The number of nitrogens with zero attached hydrogens (tertiary/aromatic N) is 2. The SMILES string of the molecule is NC1Cc2cc(Oc3cccc(C(F)(F)F)c3)ccc2-n2c1n[nH]c2=O. The summed E-state index contributed by atoms with van der Waals surface area (Å²) in [5.74, 6) is 0.866. The Labute approximate surface area is 145 Å². The lowest BCUT2D eigenvalue weighted by Crippen LogP contribution is -2.28. The van der Waals surface area contributed by atoms with E-state index in [1.165, 1.54) is 16.7 Å². The fourth-order valence-corrected chi connectivity index (χ4v) is 3.00. The smallest absolute Gasteiger partial charge is 0.416 e. The molecular weight excluding hydrogens is 349 g/mol. The molecule has 0 spiro atoms. The zero-order valence-corrected chi connectivity index (χ0v) is 13.2. The number of H-pyrrole nitrogens is 1. The molecule has 3 N–H and O–H groups in total. The summed E-state index contributed by atoms with van der Waals surface area (Å²) in [4.78, 5) is 11.9. The van der Waals surface area contributed by atoms with Crippen LogP contribution in [0, 0.1) is 0 Å². The number of rotatable bonds is 2. The van der Waals surface area contributed by atoms with Crippen LogP contribution in [-0.2, 0) is 12.6 Å². The van der Waals surface area contributed by atoms with Gasteiger partial charge in [0.2, 0.25) is 0 Å². The predicted molar refractivity (Wildman–Crippen MR) is 86.3 cm³/mol. The molecule has 134 valence electrons. The van der Waals surface area contributed by atoms with Gasteiger partial charge in [-0.1, -0.05) is 6.07 Å². The molecule has 0 radical (unpaired) electrons. The number of hydrogen-bond acceptors (Lipinski definition) is 4. The Hall–Kier alpha value is -3.07. The molecule has 6 nitrogen and oxygen atoms in total. The van der Waals surface area contributed by atoms with E-state index in [-0.39, 0.29) is 5.75 Å². The molecule has 3 aromatic rings. The van der Waals surface area contributed by atoms with Crippen LogP contribution >= 0.6 is 0 Å². The quantitative estimate of drug-likeness (QED) is 0.734. The monoisotopic (exact) mass is 362 g/mol. The summed E-state index contributed by atoms with van der Waals surface area (Å²) in [5.41, 5.74) is 6.22. The molecule has 1 atom stereocenters. The first kappa shape index (κ1) is 16.4. The number of nitrogens with two attached hydrogens (primary N) is 1. The van der Waals surface area contributed by atoms with Gasteiger partial charge in [-0.3, -0.25) is 0 Å². The number of hydrogen-bond donors (Lipinski definition) is 2. The minimum Gasteiger partial charge on any atom is -0.457 e. The van der Waals surface area contributed by atoms with Gasteiger partial charge in [0.1, 0.15) is 11.5 Å². The van der Waals surface area contributed by atoms with Gasteiger partial charge >= 0.3 is 11.9 Å². The Bertz CT molecular complexity index is 1040. The van der Waals surface area contributed by atoms with Crippen molar-refractivity contribution < 1.29 is 17.9 Å². The Kier molecular flexibility index (Phi) is 3.62. The third kappa shape index (κ3) is 2.76. The standard InChI is InChI=1S/C17H13F3N4O2/c18-17(19,20)10-2-1-3-11(8-10)26-12-4-5-14-9(6-12)7-13(21)15-22-23-16(25)24(14)15/h1-6,8,13H,7,21H2,(H,23,25). The number of alkyl halides is 3. The number of aromatic amines is 1. The van der Waals surface area contributed by atoms with Gasteiger partial charge < -0.3 is 10.5 Å². The number of benzene rings is 2. The van der Waals surface area contributed by atoms with Crippen LogP contribution < -0.4 is 16.2 Å². The maximum atomic E-state index is 12.8. The van der Waals surface area contributed by atoms with Gasteiger partial charge in [-0.05, 0) is 48.4 Å². The zero-order valence-electron chi connectivity index (χ0n) is 13.2. The van der Waals surface area contributed by atoms with Crippen LogP contribution in [0.15, 0.2) is 47.3 Å². The van der Waals surface area contributed by atoms with Crippen molar-refractivity contribution in [2.75, 3.05) is 0 Å². The summed E-state index contributed by atoms with van der Waals surface area (Å²) < 4.78 is 45.4. The summed E-state index contributed by atoms with van der Waals surface area (Å²) in [5, 5.41) is 6.29. The van der Waals surface area contributed by atoms with Gasteiger partial charge in [-0.25, -0.2) is 14.5 Å². The number of halogens is 3. The van der Waals surface area contributed by atoms with Crippen LogP contribution in [0.1, 0.15) is 23.0 Å². The summed E-state index contributed by atoms with van der Waals surface area (Å²) >= 11 is 0. The molecular formula is C17H13F3N4O2. The summed E-state index contributed by atoms with van der Waals surface area (Å²) in [6.45, 7) is 0. The van der Waals surface area contributed by atoms with Crippen molar-refractivity contribution in [3.63, 3.8) is 0 Å². The summed E-state index contributed by atoms with van der Waals surface area (Å²) in [7, 11) is 0. The average Bonchev–Trinajstić information content (AvgIpc) is 2.97. The van der Waals surface area contributed by atoms with Crippen molar-refractivity contribution in [2.45, 2.75) is 18.6 Å². The van der Waals surface area contributed by atoms with Gasteiger partial charge in [-0.15, -0.1) is 0 Å². The van der Waals surface area contributed by atoms with Crippen LogP contribution in [0.4, 0.5) is 13.2 Å². The van der Waals surface area contributed by atoms with Crippen LogP contribution in [-0.4, -0.2) is 14.8 Å². The molecule has 2 heterocycles. The molecule has 0 amide bonds. The average molecular weight is 362 g/mol. The van der Waals surface area contributed by atoms with Gasteiger partial charge in [-0.2, -0.15) is 18.3 Å². The van der Waals surface area contributed by atoms with Crippen LogP contribution in [0.25, 0.3) is 5.69 Å². The molecule has 1 aromatic heterocycles. The Balaban J connectivity index is 1.68. The Morgan fingerprint density at radius 2 is 1.96 bits per heavy atom. The van der Waals surface area contributed by atoms with Gasteiger partial charge in [0.25, 0.3) is 0 Å². The largest absolute Gasteiger partial charge is 0.457 e. The van der Waals surface area contributed by atoms with E-state index in [1.807, 2.05) is 0 Å². The molecule has 0 bridgehead atoms. The second-order valence-corrected chi connectivity index (χ2v) is 5.95. The van der Waals surface area contributed by atoms with Gasteiger partial charge in [0, 0.05) is 0 Å². The van der Waals surface area contributed by atoms with Crippen molar-refractivity contribution in [3.8, 4) is 17.2 Å². The first-order chi connectivity index (χ1) is 12.3. The van der Waals surface area contributed by atoms with E-state index < -0.39 is 23.5 Å². The molecule has 1 unspecified atom stereocenters. The fourth-order valence-electron chi connectivity index (χ4n) is 3.00. The fraction of sp³-hybridized carbons (Fsp3) is 0.176. The molecule has 4 rings (SSSR count). The summed E-state index contributed by atoms with van der Waals surface area (Å²) in [6, 6.07) is 9.07. The highest BCUT2D eigenvalue weighted by molar-refractivity contribution is 5.50.